The average molecular weight is 432 g/mol. The number of hydrogen-bond acceptors (Lipinski definition) is 5. The molecule has 1 amide bonds. The van der Waals surface area contributed by atoms with Crippen LogP contribution in [0.25, 0.3) is 4.83 Å². The molecule has 0 spiro atoms. The average Bonchev–Trinajstić information content (AvgIpc) is 3.43. The topological polar surface area (TPSA) is 62.5 Å². The number of fused-ring (bicyclic) bond motifs is 1. The quantitative estimate of drug-likeness (QED) is 0.477. The molecule has 0 saturated carbocycles. The summed E-state index contributed by atoms with van der Waals surface area (Å²) in [6, 6.07) is 13.8. The molecule has 1 aliphatic rings. The Hall–Kier alpha value is -3.19. The number of pyridine rings is 1. The van der Waals surface area contributed by atoms with Gasteiger partial charge in [0.05, 0.1) is 5.69 Å². The zero-order valence-electron chi connectivity index (χ0n) is 17.5. The molecule has 31 heavy (non-hydrogen) atoms. The molecule has 6 nitrogen and oxygen atoms in total. The van der Waals surface area contributed by atoms with E-state index in [4.69, 9.17) is 4.98 Å². The minimum Gasteiger partial charge on any atom is -0.337 e. The van der Waals surface area contributed by atoms with Gasteiger partial charge >= 0.3 is 0 Å². The Labute approximate surface area is 185 Å². The lowest BCUT2D eigenvalue weighted by molar-refractivity contribution is 0.0700. The molecule has 4 aromatic rings. The van der Waals surface area contributed by atoms with Crippen LogP contribution in [-0.4, -0.2) is 38.3 Å². The number of nitrogens with one attached hydrogen (secondary N) is 1. The van der Waals surface area contributed by atoms with E-state index < -0.39 is 0 Å². The van der Waals surface area contributed by atoms with Crippen LogP contribution in [0.3, 0.4) is 0 Å². The van der Waals surface area contributed by atoms with Crippen molar-refractivity contribution in [3.63, 3.8) is 0 Å². The first-order chi connectivity index (χ1) is 15.2. The van der Waals surface area contributed by atoms with E-state index >= 15 is 0 Å². The number of nitrogens with zero attached hydrogens (tertiary/aromatic N) is 4. The number of para-hydroxylation sites is 1. The smallest absolute Gasteiger partial charge is 0.272 e. The molecule has 0 aliphatic carbocycles. The SMILES string of the molecule is CCc1ccccc1Nc1nc(C2CCCN(C(=O)c3ccccn3)C2)c2sccn12. The number of benzene rings is 1. The number of amides is 1. The highest BCUT2D eigenvalue weighted by Crippen LogP contribution is 2.34. The molecule has 1 unspecified atom stereocenters. The van der Waals surface area contributed by atoms with Gasteiger partial charge in [0.25, 0.3) is 5.91 Å². The maximum absolute atomic E-state index is 12.9. The van der Waals surface area contributed by atoms with E-state index in [0.717, 1.165) is 48.0 Å². The number of rotatable bonds is 5. The molecule has 1 aromatic carbocycles. The molecule has 1 aliphatic heterocycles. The number of likely N-dealkylation sites (tertiary alicyclic amines) is 1. The molecule has 5 rings (SSSR count). The lowest BCUT2D eigenvalue weighted by Crippen LogP contribution is -2.39. The normalized spacial score (nSPS) is 16.5. The number of imidazole rings is 1. The summed E-state index contributed by atoms with van der Waals surface area (Å²) >= 11 is 1.70. The van der Waals surface area contributed by atoms with Crippen molar-refractivity contribution in [1.82, 2.24) is 19.3 Å². The molecule has 7 heteroatoms. The summed E-state index contributed by atoms with van der Waals surface area (Å²) in [5, 5.41) is 5.63. The molecule has 1 atom stereocenters. The third-order valence-electron chi connectivity index (χ3n) is 5.91. The van der Waals surface area contributed by atoms with Crippen molar-refractivity contribution in [1.29, 1.82) is 0 Å². The summed E-state index contributed by atoms with van der Waals surface area (Å²) in [6.07, 6.45) is 6.69. The zero-order chi connectivity index (χ0) is 21.2. The summed E-state index contributed by atoms with van der Waals surface area (Å²) in [5.74, 6) is 1.05. The predicted octanol–water partition coefficient (Wildman–Crippen LogP) is 5.12. The summed E-state index contributed by atoms with van der Waals surface area (Å²) in [5.41, 5.74) is 3.93. The van der Waals surface area contributed by atoms with Crippen LogP contribution in [0.15, 0.2) is 60.2 Å². The molecule has 3 aromatic heterocycles. The fraction of sp³-hybridized carbons (Fsp3) is 0.292. The fourth-order valence-corrected chi connectivity index (χ4v) is 5.21. The third kappa shape index (κ3) is 3.81. The van der Waals surface area contributed by atoms with E-state index in [9.17, 15) is 4.79 Å². The number of thiazole rings is 1. The number of hydrogen-bond donors (Lipinski definition) is 1. The lowest BCUT2D eigenvalue weighted by atomic mass is 9.95. The van der Waals surface area contributed by atoms with E-state index in [1.165, 1.54) is 5.56 Å². The van der Waals surface area contributed by atoms with Crippen molar-refractivity contribution >= 4 is 33.7 Å². The van der Waals surface area contributed by atoms with Crippen molar-refractivity contribution in [3.05, 3.63) is 77.2 Å². The van der Waals surface area contributed by atoms with Crippen molar-refractivity contribution in [2.75, 3.05) is 18.4 Å². The Kier molecular flexibility index (Phi) is 5.42. The van der Waals surface area contributed by atoms with Gasteiger partial charge in [0, 0.05) is 42.5 Å². The van der Waals surface area contributed by atoms with E-state index in [0.29, 0.717) is 12.2 Å². The van der Waals surface area contributed by atoms with Gasteiger partial charge in [-0.1, -0.05) is 31.2 Å². The maximum Gasteiger partial charge on any atom is 0.272 e. The van der Waals surface area contributed by atoms with Gasteiger partial charge in [-0.2, -0.15) is 0 Å². The molecule has 1 fully saturated rings. The number of aryl methyl sites for hydroxylation is 1. The predicted molar refractivity (Wildman–Crippen MR) is 124 cm³/mol. The second-order valence-corrected chi connectivity index (χ2v) is 8.73. The van der Waals surface area contributed by atoms with Crippen LogP contribution in [-0.2, 0) is 6.42 Å². The number of aromatic nitrogens is 3. The van der Waals surface area contributed by atoms with Gasteiger partial charge in [0.2, 0.25) is 5.95 Å². The van der Waals surface area contributed by atoms with E-state index in [2.05, 4.69) is 51.4 Å². The second kappa shape index (κ2) is 8.51. The van der Waals surface area contributed by atoms with Gasteiger partial charge < -0.3 is 10.2 Å². The first-order valence-corrected chi connectivity index (χ1v) is 11.6. The molecule has 4 heterocycles. The van der Waals surface area contributed by atoms with Gasteiger partial charge in [0.1, 0.15) is 10.5 Å². The van der Waals surface area contributed by atoms with E-state index in [1.807, 2.05) is 23.1 Å². The Morgan fingerprint density at radius 1 is 1.23 bits per heavy atom. The molecular formula is C24H25N5OS. The summed E-state index contributed by atoms with van der Waals surface area (Å²) < 4.78 is 2.13. The Morgan fingerprint density at radius 3 is 2.94 bits per heavy atom. The van der Waals surface area contributed by atoms with Crippen LogP contribution in [0.5, 0.6) is 0 Å². The Morgan fingerprint density at radius 2 is 2.10 bits per heavy atom. The minimum absolute atomic E-state index is 0.00199. The highest BCUT2D eigenvalue weighted by Gasteiger charge is 2.29. The van der Waals surface area contributed by atoms with Crippen LogP contribution < -0.4 is 5.32 Å². The highest BCUT2D eigenvalue weighted by molar-refractivity contribution is 7.15. The van der Waals surface area contributed by atoms with Crippen LogP contribution in [0, 0.1) is 0 Å². The molecule has 0 bridgehead atoms. The summed E-state index contributed by atoms with van der Waals surface area (Å²) in [6.45, 7) is 3.60. The van der Waals surface area contributed by atoms with Gasteiger partial charge in [0.15, 0.2) is 0 Å². The summed E-state index contributed by atoms with van der Waals surface area (Å²) in [7, 11) is 0. The number of carbonyl (C=O) groups excluding carboxylic acids is 1. The molecule has 1 N–H and O–H groups in total. The van der Waals surface area contributed by atoms with Crippen molar-refractivity contribution in [2.45, 2.75) is 32.1 Å². The van der Waals surface area contributed by atoms with Crippen molar-refractivity contribution in [3.8, 4) is 0 Å². The van der Waals surface area contributed by atoms with Gasteiger partial charge in [-0.25, -0.2) is 4.98 Å². The number of carbonyl (C=O) groups is 1. The monoisotopic (exact) mass is 431 g/mol. The van der Waals surface area contributed by atoms with Crippen molar-refractivity contribution in [2.24, 2.45) is 0 Å². The molecular weight excluding hydrogens is 406 g/mol. The Balaban J connectivity index is 1.43. The first-order valence-electron chi connectivity index (χ1n) is 10.7. The van der Waals surface area contributed by atoms with Crippen LogP contribution in [0.2, 0.25) is 0 Å². The van der Waals surface area contributed by atoms with E-state index in [-0.39, 0.29) is 11.8 Å². The summed E-state index contributed by atoms with van der Waals surface area (Å²) in [4.78, 5) is 25.3. The molecule has 0 radical (unpaired) electrons. The molecule has 158 valence electrons. The largest absolute Gasteiger partial charge is 0.337 e. The lowest BCUT2D eigenvalue weighted by Gasteiger charge is -2.31. The van der Waals surface area contributed by atoms with E-state index in [1.54, 1.807) is 23.6 Å². The standard InChI is InChI=1S/C24H25N5OS/c1-2-17-8-3-4-10-19(17)26-24-27-21(23-29(24)14-15-31-23)18-9-7-13-28(16-18)22(30)20-11-5-6-12-25-20/h3-6,8,10-12,14-15,18H,2,7,9,13,16H2,1H3,(H,26,27). The van der Waals surface area contributed by atoms with Crippen LogP contribution >= 0.6 is 11.3 Å². The Bertz CT molecular complexity index is 1200. The number of anilines is 2. The van der Waals surface area contributed by atoms with Crippen LogP contribution in [0.4, 0.5) is 11.6 Å². The van der Waals surface area contributed by atoms with Gasteiger partial charge in [-0.3, -0.25) is 14.2 Å². The van der Waals surface area contributed by atoms with Crippen LogP contribution in [0.1, 0.15) is 47.4 Å². The van der Waals surface area contributed by atoms with Gasteiger partial charge in [-0.15, -0.1) is 11.3 Å². The minimum atomic E-state index is 0.00199. The third-order valence-corrected chi connectivity index (χ3v) is 6.79. The number of piperidine rings is 1. The fourth-order valence-electron chi connectivity index (χ4n) is 4.31. The van der Waals surface area contributed by atoms with Gasteiger partial charge in [-0.05, 0) is 43.0 Å². The first kappa shape index (κ1) is 19.8. The second-order valence-electron chi connectivity index (χ2n) is 7.84. The molecule has 1 saturated heterocycles. The zero-order valence-corrected chi connectivity index (χ0v) is 18.3. The highest BCUT2D eigenvalue weighted by atomic mass is 32.1. The van der Waals surface area contributed by atoms with Crippen molar-refractivity contribution < 1.29 is 4.79 Å². The maximum atomic E-state index is 12.9.